The van der Waals surface area contributed by atoms with Gasteiger partial charge in [-0.2, -0.15) is 0 Å². The van der Waals surface area contributed by atoms with E-state index in [1.54, 1.807) is 0 Å². The Hall–Kier alpha value is -2.72. The molecule has 0 aliphatic carbocycles. The second-order valence-corrected chi connectivity index (χ2v) is 7.04. The van der Waals surface area contributed by atoms with Crippen LogP contribution in [0.4, 0.5) is 0 Å². The number of H-pyrrole nitrogens is 1. The average molecular weight is 363 g/mol. The van der Waals surface area contributed by atoms with Crippen LogP contribution >= 0.6 is 11.6 Å². The summed E-state index contributed by atoms with van der Waals surface area (Å²) >= 11 is 5.87. The zero-order chi connectivity index (χ0) is 18.1. The van der Waals surface area contributed by atoms with E-state index in [4.69, 9.17) is 11.6 Å². The van der Waals surface area contributed by atoms with Gasteiger partial charge >= 0.3 is 0 Å². The monoisotopic (exact) mass is 362 g/mol. The van der Waals surface area contributed by atoms with E-state index in [1.807, 2.05) is 36.9 Å². The molecule has 0 amide bonds. The van der Waals surface area contributed by atoms with Crippen molar-refractivity contribution in [2.45, 2.75) is 26.7 Å². The lowest BCUT2D eigenvalue weighted by atomic mass is 10.00. The predicted octanol–water partition coefficient (Wildman–Crippen LogP) is 4.80. The predicted molar refractivity (Wildman–Crippen MR) is 105 cm³/mol. The van der Waals surface area contributed by atoms with Gasteiger partial charge in [-0.05, 0) is 53.8 Å². The highest BCUT2D eigenvalue weighted by Gasteiger charge is 2.09. The van der Waals surface area contributed by atoms with Crippen molar-refractivity contribution in [1.82, 2.24) is 19.9 Å². The van der Waals surface area contributed by atoms with E-state index in [2.05, 4.69) is 45.9 Å². The minimum Gasteiger partial charge on any atom is -0.346 e. The number of nitrogens with zero attached hydrogens (tertiary/aromatic N) is 3. The minimum atomic E-state index is 0.514. The van der Waals surface area contributed by atoms with E-state index in [-0.39, 0.29) is 0 Å². The zero-order valence-corrected chi connectivity index (χ0v) is 15.5. The Morgan fingerprint density at radius 1 is 0.885 bits per heavy atom. The molecule has 0 unspecified atom stereocenters. The molecule has 0 bridgehead atoms. The molecule has 4 aromatic heterocycles. The quantitative estimate of drug-likeness (QED) is 0.530. The number of aromatic amines is 1. The number of aromatic nitrogens is 4. The third-order valence-corrected chi connectivity index (χ3v) is 4.80. The molecule has 130 valence electrons. The zero-order valence-electron chi connectivity index (χ0n) is 14.8. The summed E-state index contributed by atoms with van der Waals surface area (Å²) in [7, 11) is 0. The number of halogens is 1. The summed E-state index contributed by atoms with van der Waals surface area (Å²) in [5.74, 6) is 0. The van der Waals surface area contributed by atoms with Crippen LogP contribution in [0.2, 0.25) is 5.15 Å². The Bertz CT molecular complexity index is 1070. The summed E-state index contributed by atoms with van der Waals surface area (Å²) < 4.78 is 0. The second-order valence-electron chi connectivity index (χ2n) is 6.65. The summed E-state index contributed by atoms with van der Waals surface area (Å²) in [4.78, 5) is 16.5. The minimum absolute atomic E-state index is 0.514. The van der Waals surface area contributed by atoms with Crippen molar-refractivity contribution in [3.05, 3.63) is 87.7 Å². The first kappa shape index (κ1) is 16.7. The van der Waals surface area contributed by atoms with Crippen molar-refractivity contribution in [3.8, 4) is 0 Å². The second kappa shape index (κ2) is 6.89. The van der Waals surface area contributed by atoms with Crippen LogP contribution < -0.4 is 0 Å². The average Bonchev–Trinajstić information content (AvgIpc) is 3.02. The molecular weight excluding hydrogens is 344 g/mol. The van der Waals surface area contributed by atoms with Gasteiger partial charge in [0, 0.05) is 48.7 Å². The Balaban J connectivity index is 1.63. The lowest BCUT2D eigenvalue weighted by molar-refractivity contribution is 1.03. The molecule has 0 radical (unpaired) electrons. The molecule has 4 aromatic rings. The van der Waals surface area contributed by atoms with Gasteiger partial charge in [0.2, 0.25) is 0 Å². The van der Waals surface area contributed by atoms with Crippen LogP contribution in [0.25, 0.3) is 11.0 Å². The van der Waals surface area contributed by atoms with Crippen LogP contribution in [-0.4, -0.2) is 19.9 Å². The first-order valence-electron chi connectivity index (χ1n) is 8.56. The van der Waals surface area contributed by atoms with Gasteiger partial charge in [-0.1, -0.05) is 23.7 Å². The molecule has 0 atom stereocenters. The Kier molecular flexibility index (Phi) is 4.43. The summed E-state index contributed by atoms with van der Waals surface area (Å²) in [6, 6.07) is 8.24. The third kappa shape index (κ3) is 3.46. The fourth-order valence-corrected chi connectivity index (χ4v) is 3.28. The fourth-order valence-electron chi connectivity index (χ4n) is 3.16. The highest BCUT2D eigenvalue weighted by molar-refractivity contribution is 6.29. The van der Waals surface area contributed by atoms with Gasteiger partial charge in [0.1, 0.15) is 10.8 Å². The molecular formula is C21H19ClN4. The third-order valence-electron chi connectivity index (χ3n) is 4.58. The van der Waals surface area contributed by atoms with Gasteiger partial charge in [-0.15, -0.1) is 0 Å². The topological polar surface area (TPSA) is 54.5 Å². The molecule has 4 nitrogen and oxygen atoms in total. The SMILES string of the molecule is Cc1cnc2[nH]cc(Cc3cc(Cc4ccc(Cl)nc4)cnc3C)c2c1. The van der Waals surface area contributed by atoms with Crippen molar-refractivity contribution < 1.29 is 0 Å². The van der Waals surface area contributed by atoms with Crippen molar-refractivity contribution in [3.63, 3.8) is 0 Å². The highest BCUT2D eigenvalue weighted by Crippen LogP contribution is 2.23. The molecule has 0 spiro atoms. The summed E-state index contributed by atoms with van der Waals surface area (Å²) in [6.45, 7) is 4.12. The molecule has 26 heavy (non-hydrogen) atoms. The largest absolute Gasteiger partial charge is 0.346 e. The molecule has 0 aliphatic heterocycles. The summed E-state index contributed by atoms with van der Waals surface area (Å²) in [6.07, 6.45) is 9.31. The number of pyridine rings is 3. The van der Waals surface area contributed by atoms with Crippen LogP contribution in [0.5, 0.6) is 0 Å². The van der Waals surface area contributed by atoms with E-state index in [9.17, 15) is 0 Å². The number of fused-ring (bicyclic) bond motifs is 1. The molecule has 0 aromatic carbocycles. The molecule has 4 heterocycles. The Morgan fingerprint density at radius 2 is 1.73 bits per heavy atom. The van der Waals surface area contributed by atoms with Crippen molar-refractivity contribution in [2.24, 2.45) is 0 Å². The number of rotatable bonds is 4. The molecule has 0 fully saturated rings. The maximum absolute atomic E-state index is 5.87. The molecule has 5 heteroatoms. The van der Waals surface area contributed by atoms with E-state index in [1.165, 1.54) is 22.1 Å². The first-order valence-corrected chi connectivity index (χ1v) is 8.94. The number of hydrogen-bond acceptors (Lipinski definition) is 3. The summed E-state index contributed by atoms with van der Waals surface area (Å²) in [5, 5.41) is 1.69. The fraction of sp³-hybridized carbons (Fsp3) is 0.190. The molecule has 0 saturated carbocycles. The highest BCUT2D eigenvalue weighted by atomic mass is 35.5. The van der Waals surface area contributed by atoms with Crippen LogP contribution in [0.15, 0.2) is 49.1 Å². The molecule has 0 aliphatic rings. The first-order chi connectivity index (χ1) is 12.6. The van der Waals surface area contributed by atoms with E-state index < -0.39 is 0 Å². The number of aryl methyl sites for hydroxylation is 2. The Morgan fingerprint density at radius 3 is 2.54 bits per heavy atom. The van der Waals surface area contributed by atoms with Crippen LogP contribution in [-0.2, 0) is 12.8 Å². The van der Waals surface area contributed by atoms with E-state index in [0.717, 1.165) is 35.3 Å². The van der Waals surface area contributed by atoms with E-state index >= 15 is 0 Å². The lowest BCUT2D eigenvalue weighted by Crippen LogP contribution is -1.98. The smallest absolute Gasteiger partial charge is 0.137 e. The Labute approximate surface area is 157 Å². The van der Waals surface area contributed by atoms with Crippen LogP contribution in [0.1, 0.15) is 33.5 Å². The van der Waals surface area contributed by atoms with E-state index in [0.29, 0.717) is 5.15 Å². The van der Waals surface area contributed by atoms with Crippen molar-refractivity contribution in [1.29, 1.82) is 0 Å². The number of hydrogen-bond donors (Lipinski definition) is 1. The maximum atomic E-state index is 5.87. The van der Waals surface area contributed by atoms with Gasteiger partial charge < -0.3 is 4.98 Å². The standard InChI is InChI=1S/C21H19ClN4/c1-13-5-19-18(12-26-21(19)25-9-13)8-17-7-16(11-23-14(17)2)6-15-3-4-20(22)24-10-15/h3-5,7,9-12H,6,8H2,1-2H3,(H,25,26). The molecule has 0 saturated heterocycles. The van der Waals surface area contributed by atoms with Gasteiger partial charge in [0.25, 0.3) is 0 Å². The van der Waals surface area contributed by atoms with Crippen molar-refractivity contribution in [2.75, 3.05) is 0 Å². The van der Waals surface area contributed by atoms with Crippen LogP contribution in [0.3, 0.4) is 0 Å². The maximum Gasteiger partial charge on any atom is 0.137 e. The van der Waals surface area contributed by atoms with Gasteiger partial charge in [-0.3, -0.25) is 4.98 Å². The number of nitrogens with one attached hydrogen (secondary N) is 1. The molecule has 4 rings (SSSR count). The lowest BCUT2D eigenvalue weighted by Gasteiger charge is -2.08. The van der Waals surface area contributed by atoms with Gasteiger partial charge in [0.15, 0.2) is 0 Å². The summed E-state index contributed by atoms with van der Waals surface area (Å²) in [5.41, 5.74) is 7.91. The molecule has 1 N–H and O–H groups in total. The van der Waals surface area contributed by atoms with Crippen molar-refractivity contribution >= 4 is 22.6 Å². The van der Waals surface area contributed by atoms with Crippen LogP contribution in [0, 0.1) is 13.8 Å². The normalized spacial score (nSPS) is 11.2. The van der Waals surface area contributed by atoms with Gasteiger partial charge in [-0.25, -0.2) is 9.97 Å². The van der Waals surface area contributed by atoms with Gasteiger partial charge in [0.05, 0.1) is 0 Å².